The summed E-state index contributed by atoms with van der Waals surface area (Å²) in [7, 11) is 0. The topological polar surface area (TPSA) is 59.0 Å². The van der Waals surface area contributed by atoms with Crippen molar-refractivity contribution in [3.05, 3.63) is 35.3 Å². The predicted molar refractivity (Wildman–Crippen MR) is 76.9 cm³/mol. The third-order valence-electron chi connectivity index (χ3n) is 2.65. The molecule has 3 aromatic rings. The van der Waals surface area contributed by atoms with Crippen molar-refractivity contribution in [1.29, 1.82) is 0 Å². The van der Waals surface area contributed by atoms with Crippen molar-refractivity contribution in [3.63, 3.8) is 0 Å². The van der Waals surface area contributed by atoms with E-state index in [4.69, 9.17) is 0 Å². The van der Waals surface area contributed by atoms with E-state index in [0.717, 1.165) is 21.7 Å². The van der Waals surface area contributed by atoms with Gasteiger partial charge in [0.25, 0.3) is 5.91 Å². The van der Waals surface area contributed by atoms with Crippen LogP contribution in [0.2, 0.25) is 0 Å². The van der Waals surface area contributed by atoms with E-state index in [1.54, 1.807) is 4.90 Å². The molecule has 19 heavy (non-hydrogen) atoms. The molecule has 7 heteroatoms. The number of nitrogens with zero attached hydrogens (tertiary/aromatic N) is 4. The second kappa shape index (κ2) is 5.02. The molecular weight excluding hydrogens is 280 g/mol. The molecule has 0 spiro atoms. The van der Waals surface area contributed by atoms with Crippen molar-refractivity contribution in [2.75, 3.05) is 11.4 Å². The van der Waals surface area contributed by atoms with E-state index in [2.05, 4.69) is 14.6 Å². The highest BCUT2D eigenvalue weighted by Gasteiger charge is 2.21. The average molecular weight is 290 g/mol. The van der Waals surface area contributed by atoms with Gasteiger partial charge in [-0.15, -0.1) is 5.10 Å². The van der Waals surface area contributed by atoms with Crippen LogP contribution in [0, 0.1) is 0 Å². The lowest BCUT2D eigenvalue weighted by molar-refractivity contribution is 0.0992. The molecule has 0 aliphatic heterocycles. The summed E-state index contributed by atoms with van der Waals surface area (Å²) in [4.78, 5) is 19.0. The van der Waals surface area contributed by atoms with Crippen LogP contribution in [0.15, 0.2) is 30.5 Å². The minimum atomic E-state index is -0.100. The highest BCUT2D eigenvalue weighted by atomic mass is 32.1. The number of fused-ring (bicyclic) bond motifs is 1. The van der Waals surface area contributed by atoms with Crippen molar-refractivity contribution >= 4 is 44.1 Å². The Morgan fingerprint density at radius 2 is 2.21 bits per heavy atom. The van der Waals surface area contributed by atoms with E-state index < -0.39 is 0 Å². The number of anilines is 1. The Balaban J connectivity index is 2.00. The van der Waals surface area contributed by atoms with Crippen LogP contribution >= 0.6 is 22.9 Å². The molecule has 0 aliphatic carbocycles. The maximum Gasteiger partial charge on any atom is 0.273 e. The van der Waals surface area contributed by atoms with E-state index in [1.165, 1.54) is 17.5 Å². The Morgan fingerprint density at radius 1 is 1.37 bits per heavy atom. The summed E-state index contributed by atoms with van der Waals surface area (Å²) in [6.07, 6.45) is 1.49. The molecule has 1 aromatic carbocycles. The monoisotopic (exact) mass is 290 g/mol. The number of aromatic nitrogens is 3. The van der Waals surface area contributed by atoms with Gasteiger partial charge in [-0.05, 0) is 30.6 Å². The van der Waals surface area contributed by atoms with Crippen LogP contribution in [0.3, 0.4) is 0 Å². The molecule has 0 fully saturated rings. The normalized spacial score (nSPS) is 10.8. The van der Waals surface area contributed by atoms with Gasteiger partial charge in [0, 0.05) is 6.54 Å². The summed E-state index contributed by atoms with van der Waals surface area (Å²) >= 11 is 2.61. The highest BCUT2D eigenvalue weighted by molar-refractivity contribution is 7.22. The summed E-state index contributed by atoms with van der Waals surface area (Å²) in [6.45, 7) is 2.50. The number of hydrogen-bond acceptors (Lipinski definition) is 6. The molecule has 0 saturated heterocycles. The largest absolute Gasteiger partial charge is 0.283 e. The van der Waals surface area contributed by atoms with Crippen molar-refractivity contribution in [2.24, 2.45) is 0 Å². The molecule has 0 bridgehead atoms. The van der Waals surface area contributed by atoms with Gasteiger partial charge in [-0.2, -0.15) is 0 Å². The van der Waals surface area contributed by atoms with Crippen molar-refractivity contribution in [3.8, 4) is 0 Å². The molecule has 0 radical (unpaired) electrons. The minimum absolute atomic E-state index is 0.100. The summed E-state index contributed by atoms with van der Waals surface area (Å²) in [5, 5.41) is 4.41. The molecular formula is C12H10N4OS2. The molecule has 96 valence electrons. The van der Waals surface area contributed by atoms with Gasteiger partial charge in [0.15, 0.2) is 5.13 Å². The summed E-state index contributed by atoms with van der Waals surface area (Å²) in [6, 6.07) is 7.86. The van der Waals surface area contributed by atoms with E-state index in [-0.39, 0.29) is 5.91 Å². The van der Waals surface area contributed by atoms with Gasteiger partial charge >= 0.3 is 0 Å². The van der Waals surface area contributed by atoms with E-state index in [1.807, 2.05) is 31.2 Å². The number of thiazole rings is 1. The highest BCUT2D eigenvalue weighted by Crippen LogP contribution is 2.29. The number of carbonyl (C=O) groups is 1. The van der Waals surface area contributed by atoms with Gasteiger partial charge < -0.3 is 0 Å². The van der Waals surface area contributed by atoms with E-state index >= 15 is 0 Å². The average Bonchev–Trinajstić information content (AvgIpc) is 3.08. The fraction of sp³-hybridized carbons (Fsp3) is 0.167. The zero-order valence-electron chi connectivity index (χ0n) is 10.1. The molecule has 0 atom stereocenters. The lowest BCUT2D eigenvalue weighted by atomic mass is 10.3. The summed E-state index contributed by atoms with van der Waals surface area (Å²) in [5.41, 5.74) is 0.913. The zero-order valence-corrected chi connectivity index (χ0v) is 11.7. The molecule has 0 unspecified atom stereocenters. The Morgan fingerprint density at radius 3 is 2.89 bits per heavy atom. The smallest absolute Gasteiger partial charge is 0.273 e. The van der Waals surface area contributed by atoms with Crippen LogP contribution in [-0.4, -0.2) is 27.0 Å². The van der Waals surface area contributed by atoms with Gasteiger partial charge in [0.2, 0.25) is 0 Å². The molecule has 0 saturated carbocycles. The van der Waals surface area contributed by atoms with Crippen molar-refractivity contribution < 1.29 is 4.79 Å². The van der Waals surface area contributed by atoms with Crippen LogP contribution < -0.4 is 4.90 Å². The standard InChI is InChI=1S/C12H10N4OS2/c1-2-16(11(17)10-7-13-15-19-10)12-14-8-5-3-4-6-9(8)18-12/h3-7H,2H2,1H3. The first-order valence-corrected chi connectivity index (χ1v) is 7.33. The van der Waals surface area contributed by atoms with Gasteiger partial charge in [-0.1, -0.05) is 28.0 Å². The van der Waals surface area contributed by atoms with Crippen molar-refractivity contribution in [2.45, 2.75) is 6.92 Å². The van der Waals surface area contributed by atoms with Crippen LogP contribution in [0.25, 0.3) is 10.2 Å². The molecule has 0 aliphatic rings. The SMILES string of the molecule is CCN(C(=O)c1cnns1)c1nc2ccccc2s1. The lowest BCUT2D eigenvalue weighted by Gasteiger charge is -2.15. The first-order chi connectivity index (χ1) is 9.29. The van der Waals surface area contributed by atoms with Gasteiger partial charge in [0.05, 0.1) is 16.4 Å². The van der Waals surface area contributed by atoms with E-state index in [9.17, 15) is 4.79 Å². The van der Waals surface area contributed by atoms with Gasteiger partial charge in [-0.3, -0.25) is 9.69 Å². The zero-order chi connectivity index (χ0) is 13.2. The molecule has 3 rings (SSSR count). The second-order valence-electron chi connectivity index (χ2n) is 3.80. The molecule has 5 nitrogen and oxygen atoms in total. The maximum absolute atomic E-state index is 12.3. The molecule has 2 heterocycles. The summed E-state index contributed by atoms with van der Waals surface area (Å²) in [5.74, 6) is -0.100. The quantitative estimate of drug-likeness (QED) is 0.744. The number of rotatable bonds is 3. The Labute approximate surface area is 117 Å². The first kappa shape index (κ1) is 12.2. The van der Waals surface area contributed by atoms with Crippen LogP contribution in [-0.2, 0) is 0 Å². The Kier molecular flexibility index (Phi) is 3.22. The number of hydrogen-bond donors (Lipinski definition) is 0. The second-order valence-corrected chi connectivity index (χ2v) is 5.59. The fourth-order valence-electron chi connectivity index (χ4n) is 1.74. The third-order valence-corrected chi connectivity index (χ3v) is 4.36. The minimum Gasteiger partial charge on any atom is -0.283 e. The first-order valence-electron chi connectivity index (χ1n) is 5.74. The fourth-order valence-corrected chi connectivity index (χ4v) is 3.23. The molecule has 0 N–H and O–H groups in total. The number of benzene rings is 1. The third kappa shape index (κ3) is 2.22. The van der Waals surface area contributed by atoms with E-state index in [0.29, 0.717) is 16.6 Å². The van der Waals surface area contributed by atoms with Crippen LogP contribution in [0.4, 0.5) is 5.13 Å². The van der Waals surface area contributed by atoms with Crippen LogP contribution in [0.5, 0.6) is 0 Å². The summed E-state index contributed by atoms with van der Waals surface area (Å²) < 4.78 is 4.80. The van der Waals surface area contributed by atoms with Crippen LogP contribution in [0.1, 0.15) is 16.6 Å². The van der Waals surface area contributed by atoms with Crippen molar-refractivity contribution in [1.82, 2.24) is 14.6 Å². The van der Waals surface area contributed by atoms with Gasteiger partial charge in [0.1, 0.15) is 4.88 Å². The van der Waals surface area contributed by atoms with Gasteiger partial charge in [-0.25, -0.2) is 4.98 Å². The Hall–Kier alpha value is -1.86. The molecule has 2 aromatic heterocycles. The number of amides is 1. The molecule has 1 amide bonds. The lowest BCUT2D eigenvalue weighted by Crippen LogP contribution is -2.29. The number of carbonyl (C=O) groups excluding carboxylic acids is 1. The number of para-hydroxylation sites is 1. The maximum atomic E-state index is 12.3. The Bertz CT molecular complexity index is 674. The predicted octanol–water partition coefficient (Wildman–Crippen LogP) is 2.81.